The van der Waals surface area contributed by atoms with Crippen LogP contribution in [0.2, 0.25) is 0 Å². The fourth-order valence-electron chi connectivity index (χ4n) is 2.44. The molecule has 0 spiro atoms. The van der Waals surface area contributed by atoms with E-state index in [9.17, 15) is 5.11 Å². The number of anilines is 2. The van der Waals surface area contributed by atoms with Crippen molar-refractivity contribution in [3.8, 4) is 6.01 Å². The standard InChI is InChI=1S/C14H25N5O2/c1-4-9-21-14-17-12(15-3)16-13(18-14)19-7-5-11(6-8-19)10(2)20/h10-11,20H,4-9H2,1-3H3,(H,15,16,17,18). The summed E-state index contributed by atoms with van der Waals surface area (Å²) in [6.45, 7) is 6.18. The summed E-state index contributed by atoms with van der Waals surface area (Å²) >= 11 is 0. The van der Waals surface area contributed by atoms with E-state index in [1.54, 1.807) is 7.05 Å². The highest BCUT2D eigenvalue weighted by Crippen LogP contribution is 2.24. The minimum absolute atomic E-state index is 0.248. The third-order valence-electron chi connectivity index (χ3n) is 3.77. The molecule has 118 valence electrons. The van der Waals surface area contributed by atoms with Gasteiger partial charge in [-0.15, -0.1) is 0 Å². The molecule has 0 bridgehead atoms. The van der Waals surface area contributed by atoms with Crippen LogP contribution < -0.4 is 15.0 Å². The molecule has 21 heavy (non-hydrogen) atoms. The van der Waals surface area contributed by atoms with Gasteiger partial charge in [-0.1, -0.05) is 6.92 Å². The van der Waals surface area contributed by atoms with E-state index in [0.717, 1.165) is 32.4 Å². The number of hydrogen-bond acceptors (Lipinski definition) is 7. The Labute approximate surface area is 125 Å². The fourth-order valence-corrected chi connectivity index (χ4v) is 2.44. The van der Waals surface area contributed by atoms with Crippen LogP contribution in [0.4, 0.5) is 11.9 Å². The Balaban J connectivity index is 2.08. The summed E-state index contributed by atoms with van der Waals surface area (Å²) < 4.78 is 5.52. The van der Waals surface area contributed by atoms with Crippen LogP contribution in [0.25, 0.3) is 0 Å². The van der Waals surface area contributed by atoms with Crippen LogP contribution in [0.3, 0.4) is 0 Å². The summed E-state index contributed by atoms with van der Waals surface area (Å²) in [5.41, 5.74) is 0. The van der Waals surface area contributed by atoms with Gasteiger partial charge in [-0.2, -0.15) is 15.0 Å². The topological polar surface area (TPSA) is 83.4 Å². The lowest BCUT2D eigenvalue weighted by Crippen LogP contribution is -2.38. The van der Waals surface area contributed by atoms with Crippen LogP contribution in [0.15, 0.2) is 0 Å². The highest BCUT2D eigenvalue weighted by Gasteiger charge is 2.24. The number of nitrogens with zero attached hydrogens (tertiary/aromatic N) is 4. The summed E-state index contributed by atoms with van der Waals surface area (Å²) in [5.74, 6) is 1.52. The average molecular weight is 295 g/mol. The molecule has 1 atom stereocenters. The normalized spacial score (nSPS) is 17.6. The first-order valence-electron chi connectivity index (χ1n) is 7.63. The van der Waals surface area contributed by atoms with E-state index in [4.69, 9.17) is 4.74 Å². The quantitative estimate of drug-likeness (QED) is 0.818. The lowest BCUT2D eigenvalue weighted by molar-refractivity contribution is 0.109. The van der Waals surface area contributed by atoms with Gasteiger partial charge >= 0.3 is 6.01 Å². The van der Waals surface area contributed by atoms with Crippen molar-refractivity contribution in [3.63, 3.8) is 0 Å². The Kier molecular flexibility index (Phi) is 5.55. The van der Waals surface area contributed by atoms with E-state index in [2.05, 4.69) is 25.2 Å². The molecule has 2 rings (SSSR count). The summed E-state index contributed by atoms with van der Waals surface area (Å²) in [6, 6.07) is 0.365. The Morgan fingerprint density at radius 3 is 2.62 bits per heavy atom. The van der Waals surface area contributed by atoms with E-state index in [0.29, 0.717) is 30.4 Å². The molecule has 7 nitrogen and oxygen atoms in total. The summed E-state index contributed by atoms with van der Waals surface area (Å²) in [5, 5.41) is 12.6. The second kappa shape index (κ2) is 7.40. The Morgan fingerprint density at radius 1 is 1.33 bits per heavy atom. The van der Waals surface area contributed by atoms with Crippen molar-refractivity contribution in [3.05, 3.63) is 0 Å². The van der Waals surface area contributed by atoms with Crippen molar-refractivity contribution in [1.82, 2.24) is 15.0 Å². The number of aliphatic hydroxyl groups excluding tert-OH is 1. The molecular formula is C14H25N5O2. The third-order valence-corrected chi connectivity index (χ3v) is 3.77. The Morgan fingerprint density at radius 2 is 2.05 bits per heavy atom. The molecule has 2 heterocycles. The van der Waals surface area contributed by atoms with Gasteiger partial charge in [0.15, 0.2) is 0 Å². The van der Waals surface area contributed by atoms with Crippen molar-refractivity contribution in [2.45, 2.75) is 39.2 Å². The van der Waals surface area contributed by atoms with Crippen LogP contribution in [-0.4, -0.2) is 52.9 Å². The Hall–Kier alpha value is -1.63. The molecular weight excluding hydrogens is 270 g/mol. The maximum absolute atomic E-state index is 9.67. The average Bonchev–Trinajstić information content (AvgIpc) is 2.52. The van der Waals surface area contributed by atoms with Crippen LogP contribution in [0.5, 0.6) is 6.01 Å². The van der Waals surface area contributed by atoms with E-state index in [1.165, 1.54) is 0 Å². The van der Waals surface area contributed by atoms with Gasteiger partial charge in [-0.25, -0.2) is 0 Å². The first-order valence-corrected chi connectivity index (χ1v) is 7.63. The smallest absolute Gasteiger partial charge is 0.323 e. The van der Waals surface area contributed by atoms with Crippen molar-refractivity contribution < 1.29 is 9.84 Å². The number of hydrogen-bond donors (Lipinski definition) is 2. The lowest BCUT2D eigenvalue weighted by atomic mass is 9.92. The molecule has 0 radical (unpaired) electrons. The monoisotopic (exact) mass is 295 g/mol. The van der Waals surface area contributed by atoms with Gasteiger partial charge in [-0.3, -0.25) is 0 Å². The highest BCUT2D eigenvalue weighted by atomic mass is 16.5. The molecule has 0 aromatic carbocycles. The van der Waals surface area contributed by atoms with Crippen molar-refractivity contribution in [2.24, 2.45) is 5.92 Å². The summed E-state index contributed by atoms with van der Waals surface area (Å²) in [6.07, 6.45) is 2.56. The number of aromatic nitrogens is 3. The molecule has 1 fully saturated rings. The van der Waals surface area contributed by atoms with Crippen molar-refractivity contribution in [1.29, 1.82) is 0 Å². The molecule has 0 aliphatic carbocycles. The van der Waals surface area contributed by atoms with Gasteiger partial charge in [0.2, 0.25) is 11.9 Å². The van der Waals surface area contributed by atoms with E-state index in [1.807, 2.05) is 13.8 Å². The molecule has 1 unspecified atom stereocenters. The fraction of sp³-hybridized carbons (Fsp3) is 0.786. The van der Waals surface area contributed by atoms with Gasteiger partial charge in [0.25, 0.3) is 0 Å². The SMILES string of the molecule is CCCOc1nc(NC)nc(N2CCC(C(C)O)CC2)n1. The molecule has 2 N–H and O–H groups in total. The molecule has 7 heteroatoms. The van der Waals surface area contributed by atoms with E-state index >= 15 is 0 Å². The van der Waals surface area contributed by atoms with Crippen molar-refractivity contribution in [2.75, 3.05) is 37.0 Å². The zero-order chi connectivity index (χ0) is 15.2. The lowest BCUT2D eigenvalue weighted by Gasteiger charge is -2.33. The van der Waals surface area contributed by atoms with Crippen LogP contribution in [0.1, 0.15) is 33.1 Å². The minimum atomic E-state index is -0.248. The zero-order valence-corrected chi connectivity index (χ0v) is 13.0. The van der Waals surface area contributed by atoms with Crippen LogP contribution >= 0.6 is 0 Å². The van der Waals surface area contributed by atoms with Crippen LogP contribution in [-0.2, 0) is 0 Å². The number of ether oxygens (including phenoxy) is 1. The van der Waals surface area contributed by atoms with Gasteiger partial charge in [-0.05, 0) is 32.1 Å². The van der Waals surface area contributed by atoms with E-state index < -0.39 is 0 Å². The number of aliphatic hydroxyl groups is 1. The molecule has 1 aromatic heterocycles. The number of nitrogens with one attached hydrogen (secondary N) is 1. The van der Waals surface area contributed by atoms with Gasteiger partial charge in [0.1, 0.15) is 0 Å². The maximum Gasteiger partial charge on any atom is 0.323 e. The van der Waals surface area contributed by atoms with E-state index in [-0.39, 0.29) is 6.10 Å². The second-order valence-corrected chi connectivity index (χ2v) is 5.41. The molecule has 1 aliphatic heterocycles. The minimum Gasteiger partial charge on any atom is -0.463 e. The summed E-state index contributed by atoms with van der Waals surface area (Å²) in [7, 11) is 1.78. The largest absolute Gasteiger partial charge is 0.463 e. The first-order chi connectivity index (χ1) is 10.1. The molecule has 0 amide bonds. The first kappa shape index (κ1) is 15.8. The zero-order valence-electron chi connectivity index (χ0n) is 13.0. The molecule has 1 aliphatic rings. The Bertz CT molecular complexity index is 447. The molecule has 1 saturated heterocycles. The molecule has 1 aromatic rings. The predicted octanol–water partition coefficient (Wildman–Crippen LogP) is 1.30. The third kappa shape index (κ3) is 4.17. The molecule has 0 saturated carbocycles. The summed E-state index contributed by atoms with van der Waals surface area (Å²) in [4.78, 5) is 15.1. The van der Waals surface area contributed by atoms with Gasteiger partial charge in [0.05, 0.1) is 12.7 Å². The predicted molar refractivity (Wildman–Crippen MR) is 81.8 cm³/mol. The second-order valence-electron chi connectivity index (χ2n) is 5.41. The number of rotatable bonds is 6. The number of piperidine rings is 1. The van der Waals surface area contributed by atoms with Gasteiger partial charge < -0.3 is 20.1 Å². The maximum atomic E-state index is 9.67. The van der Waals surface area contributed by atoms with Crippen LogP contribution in [0, 0.1) is 5.92 Å². The highest BCUT2D eigenvalue weighted by molar-refractivity contribution is 5.38. The van der Waals surface area contributed by atoms with Crippen molar-refractivity contribution >= 4 is 11.9 Å². The van der Waals surface area contributed by atoms with Gasteiger partial charge in [0, 0.05) is 20.1 Å².